The lowest BCUT2D eigenvalue weighted by Crippen LogP contribution is -2.40. The fraction of sp³-hybridized carbons (Fsp3) is 1.00. The number of rotatable bonds is 2. The van der Waals surface area contributed by atoms with Crippen LogP contribution in [0, 0.1) is 0 Å². The summed E-state index contributed by atoms with van der Waals surface area (Å²) in [6.07, 6.45) is 11.7. The summed E-state index contributed by atoms with van der Waals surface area (Å²) in [5, 5.41) is 3.48. The van der Waals surface area contributed by atoms with Gasteiger partial charge >= 0.3 is 0 Å². The van der Waals surface area contributed by atoms with Gasteiger partial charge in [-0.15, -0.1) is 0 Å². The molecule has 0 aromatic carbocycles. The van der Waals surface area contributed by atoms with Crippen molar-refractivity contribution < 1.29 is 4.74 Å². The van der Waals surface area contributed by atoms with E-state index in [1.807, 2.05) is 0 Å². The SMILES string of the molecule is CC1CC(OC2CCCCCC2)CCN1. The molecule has 0 amide bonds. The largest absolute Gasteiger partial charge is 0.375 e. The molecular formula is C13H25NO. The van der Waals surface area contributed by atoms with Crippen LogP contribution in [0.2, 0.25) is 0 Å². The van der Waals surface area contributed by atoms with E-state index in [-0.39, 0.29) is 0 Å². The van der Waals surface area contributed by atoms with Crippen LogP contribution in [0.5, 0.6) is 0 Å². The minimum atomic E-state index is 0.532. The van der Waals surface area contributed by atoms with Crippen LogP contribution in [-0.4, -0.2) is 24.8 Å². The zero-order valence-electron chi connectivity index (χ0n) is 10.0. The molecule has 0 bridgehead atoms. The maximum atomic E-state index is 6.24. The van der Waals surface area contributed by atoms with E-state index in [1.165, 1.54) is 51.4 Å². The van der Waals surface area contributed by atoms with E-state index in [9.17, 15) is 0 Å². The van der Waals surface area contributed by atoms with Crippen molar-refractivity contribution in [3.63, 3.8) is 0 Å². The van der Waals surface area contributed by atoms with Crippen molar-refractivity contribution in [1.29, 1.82) is 0 Å². The Hall–Kier alpha value is -0.0800. The summed E-state index contributed by atoms with van der Waals surface area (Å²) < 4.78 is 6.24. The smallest absolute Gasteiger partial charge is 0.0605 e. The minimum Gasteiger partial charge on any atom is -0.375 e. The lowest BCUT2D eigenvalue weighted by molar-refractivity contribution is -0.0385. The van der Waals surface area contributed by atoms with E-state index >= 15 is 0 Å². The summed E-state index contributed by atoms with van der Waals surface area (Å²) in [5.74, 6) is 0. The molecule has 1 saturated carbocycles. The van der Waals surface area contributed by atoms with Crippen LogP contribution in [-0.2, 0) is 4.74 Å². The quantitative estimate of drug-likeness (QED) is 0.709. The predicted molar refractivity (Wildman–Crippen MR) is 63.1 cm³/mol. The normalized spacial score (nSPS) is 35.0. The van der Waals surface area contributed by atoms with Gasteiger partial charge in [-0.2, -0.15) is 0 Å². The monoisotopic (exact) mass is 211 g/mol. The van der Waals surface area contributed by atoms with Crippen LogP contribution in [0.4, 0.5) is 0 Å². The van der Waals surface area contributed by atoms with Crippen molar-refractivity contribution in [2.75, 3.05) is 6.54 Å². The zero-order chi connectivity index (χ0) is 10.5. The third-order valence-corrected chi connectivity index (χ3v) is 3.76. The van der Waals surface area contributed by atoms with Crippen molar-refractivity contribution in [2.24, 2.45) is 0 Å². The van der Waals surface area contributed by atoms with Gasteiger partial charge in [-0.05, 0) is 39.2 Å². The van der Waals surface area contributed by atoms with Crippen molar-refractivity contribution in [1.82, 2.24) is 5.32 Å². The third kappa shape index (κ3) is 3.76. The van der Waals surface area contributed by atoms with Gasteiger partial charge in [0.1, 0.15) is 0 Å². The van der Waals surface area contributed by atoms with Gasteiger partial charge in [-0.1, -0.05) is 25.7 Å². The van der Waals surface area contributed by atoms with Crippen LogP contribution in [0.1, 0.15) is 58.3 Å². The lowest BCUT2D eigenvalue weighted by atomic mass is 10.0. The molecule has 15 heavy (non-hydrogen) atoms. The Labute approximate surface area is 93.8 Å². The second-order valence-corrected chi connectivity index (χ2v) is 5.25. The average molecular weight is 211 g/mol. The van der Waals surface area contributed by atoms with E-state index in [2.05, 4.69) is 12.2 Å². The fourth-order valence-electron chi connectivity index (χ4n) is 2.86. The van der Waals surface area contributed by atoms with E-state index in [0.29, 0.717) is 18.2 Å². The number of nitrogens with one attached hydrogen (secondary N) is 1. The molecule has 2 rings (SSSR count). The van der Waals surface area contributed by atoms with Crippen LogP contribution < -0.4 is 5.32 Å². The molecule has 1 N–H and O–H groups in total. The molecule has 2 fully saturated rings. The third-order valence-electron chi connectivity index (χ3n) is 3.76. The molecule has 88 valence electrons. The second kappa shape index (κ2) is 5.86. The second-order valence-electron chi connectivity index (χ2n) is 5.25. The summed E-state index contributed by atoms with van der Waals surface area (Å²) in [5.41, 5.74) is 0. The fourth-order valence-corrected chi connectivity index (χ4v) is 2.86. The van der Waals surface area contributed by atoms with Crippen molar-refractivity contribution >= 4 is 0 Å². The van der Waals surface area contributed by atoms with Gasteiger partial charge in [0.15, 0.2) is 0 Å². The molecule has 1 heterocycles. The Kier molecular flexibility index (Phi) is 4.45. The molecule has 0 radical (unpaired) electrons. The van der Waals surface area contributed by atoms with Crippen LogP contribution in [0.15, 0.2) is 0 Å². The van der Waals surface area contributed by atoms with Crippen molar-refractivity contribution in [3.05, 3.63) is 0 Å². The minimum absolute atomic E-state index is 0.532. The highest BCUT2D eigenvalue weighted by Gasteiger charge is 2.22. The Bertz CT molecular complexity index is 175. The molecule has 0 aromatic rings. The molecule has 1 saturated heterocycles. The van der Waals surface area contributed by atoms with Gasteiger partial charge in [0.2, 0.25) is 0 Å². The van der Waals surface area contributed by atoms with Crippen molar-refractivity contribution in [2.45, 2.75) is 76.5 Å². The van der Waals surface area contributed by atoms with Gasteiger partial charge in [0, 0.05) is 6.04 Å². The first-order valence-corrected chi connectivity index (χ1v) is 6.73. The van der Waals surface area contributed by atoms with Gasteiger partial charge in [-0.3, -0.25) is 0 Å². The van der Waals surface area contributed by atoms with Gasteiger partial charge in [0.25, 0.3) is 0 Å². The first-order chi connectivity index (χ1) is 7.34. The standard InChI is InChI=1S/C13H25NO/c1-11-10-13(8-9-14-11)15-12-6-4-2-3-5-7-12/h11-14H,2-10H2,1H3. The maximum Gasteiger partial charge on any atom is 0.0605 e. The Morgan fingerprint density at radius 3 is 2.33 bits per heavy atom. The molecule has 0 spiro atoms. The highest BCUT2D eigenvalue weighted by atomic mass is 16.5. The first kappa shape index (κ1) is 11.4. The van der Waals surface area contributed by atoms with E-state index < -0.39 is 0 Å². The lowest BCUT2D eigenvalue weighted by Gasteiger charge is -2.31. The van der Waals surface area contributed by atoms with Gasteiger partial charge in [-0.25, -0.2) is 0 Å². The van der Waals surface area contributed by atoms with Gasteiger partial charge in [0.05, 0.1) is 12.2 Å². The summed E-state index contributed by atoms with van der Waals surface area (Å²) in [6.45, 7) is 3.40. The van der Waals surface area contributed by atoms with Crippen LogP contribution in [0.25, 0.3) is 0 Å². The molecule has 2 unspecified atom stereocenters. The van der Waals surface area contributed by atoms with Crippen LogP contribution >= 0.6 is 0 Å². The Morgan fingerprint density at radius 1 is 0.933 bits per heavy atom. The average Bonchev–Trinajstić information content (AvgIpc) is 2.46. The molecule has 2 atom stereocenters. The molecule has 1 aliphatic heterocycles. The Balaban J connectivity index is 1.74. The molecular weight excluding hydrogens is 186 g/mol. The molecule has 2 heteroatoms. The van der Waals surface area contributed by atoms with Gasteiger partial charge < -0.3 is 10.1 Å². The molecule has 1 aliphatic carbocycles. The number of piperidine rings is 1. The first-order valence-electron chi connectivity index (χ1n) is 6.73. The molecule has 2 aliphatic rings. The highest BCUT2D eigenvalue weighted by molar-refractivity contribution is 4.77. The summed E-state index contributed by atoms with van der Waals surface area (Å²) >= 11 is 0. The Morgan fingerprint density at radius 2 is 1.67 bits per heavy atom. The topological polar surface area (TPSA) is 21.3 Å². The highest BCUT2D eigenvalue weighted by Crippen LogP contribution is 2.23. The molecule has 0 aromatic heterocycles. The molecule has 2 nitrogen and oxygen atoms in total. The number of ether oxygens (including phenoxy) is 1. The summed E-state index contributed by atoms with van der Waals surface area (Å²) in [6, 6.07) is 0.648. The van der Waals surface area contributed by atoms with Crippen molar-refractivity contribution in [3.8, 4) is 0 Å². The summed E-state index contributed by atoms with van der Waals surface area (Å²) in [7, 11) is 0. The van der Waals surface area contributed by atoms with E-state index in [4.69, 9.17) is 4.74 Å². The number of hydrogen-bond acceptors (Lipinski definition) is 2. The zero-order valence-corrected chi connectivity index (χ0v) is 10.0. The summed E-state index contributed by atoms with van der Waals surface area (Å²) in [4.78, 5) is 0. The number of hydrogen-bond donors (Lipinski definition) is 1. The predicted octanol–water partition coefficient (Wildman–Crippen LogP) is 2.87. The maximum absolute atomic E-state index is 6.24. The van der Waals surface area contributed by atoms with E-state index in [0.717, 1.165) is 6.54 Å². The van der Waals surface area contributed by atoms with E-state index in [1.54, 1.807) is 0 Å². The van der Waals surface area contributed by atoms with Crippen LogP contribution in [0.3, 0.4) is 0 Å².